The van der Waals surface area contributed by atoms with Crippen molar-refractivity contribution in [2.45, 2.75) is 133 Å². The predicted molar refractivity (Wildman–Crippen MR) is 170 cm³/mol. The van der Waals surface area contributed by atoms with Crippen LogP contribution in [0.1, 0.15) is 121 Å². The first kappa shape index (κ1) is 32.5. The van der Waals surface area contributed by atoms with E-state index in [1.807, 2.05) is 0 Å². The Morgan fingerprint density at radius 3 is 2.29 bits per heavy atom. The number of hydrogen-bond donors (Lipinski definition) is 2. The van der Waals surface area contributed by atoms with Crippen molar-refractivity contribution in [3.05, 3.63) is 11.6 Å². The van der Waals surface area contributed by atoms with Crippen LogP contribution in [-0.2, 0) is 14.3 Å². The fourth-order valence-corrected chi connectivity index (χ4v) is 11.3. The highest BCUT2D eigenvalue weighted by Gasteiger charge is 2.70. The summed E-state index contributed by atoms with van der Waals surface area (Å²) in [7, 11) is 0. The minimum Gasteiger partial charge on any atom is -0.481 e. The van der Waals surface area contributed by atoms with Gasteiger partial charge in [0.1, 0.15) is 0 Å². The molecule has 2 bridgehead atoms. The normalized spacial score (nSPS) is 47.4. The lowest BCUT2D eigenvalue weighted by molar-refractivity contribution is -0.239. The third-order valence-corrected chi connectivity index (χ3v) is 15.4. The summed E-state index contributed by atoms with van der Waals surface area (Å²) in [6.45, 7) is 27.2. The van der Waals surface area contributed by atoms with Crippen molar-refractivity contribution < 1.29 is 19.4 Å². The number of hydrogen-bond acceptors (Lipinski definition) is 4. The van der Waals surface area contributed by atoms with Crippen molar-refractivity contribution in [1.82, 2.24) is 0 Å². The van der Waals surface area contributed by atoms with Crippen LogP contribution in [0.5, 0.6) is 0 Å². The molecule has 4 fully saturated rings. The van der Waals surface area contributed by atoms with Crippen molar-refractivity contribution in [2.75, 3.05) is 19.8 Å². The Morgan fingerprint density at radius 2 is 1.69 bits per heavy atom. The molecule has 3 N–H and O–H groups in total. The highest BCUT2D eigenvalue weighted by molar-refractivity contribution is 5.73. The molecule has 4 aliphatic carbocycles. The van der Waals surface area contributed by atoms with E-state index in [1.54, 1.807) is 5.57 Å². The number of aliphatic carboxylic acids is 1. The lowest BCUT2D eigenvalue weighted by Crippen LogP contribution is -2.67. The van der Waals surface area contributed by atoms with Crippen LogP contribution >= 0.6 is 0 Å². The van der Waals surface area contributed by atoms with E-state index in [1.165, 1.54) is 6.42 Å². The number of nitrogens with two attached hydrogens (primary N) is 1. The van der Waals surface area contributed by atoms with Crippen LogP contribution in [0.3, 0.4) is 0 Å². The van der Waals surface area contributed by atoms with E-state index in [2.05, 4.69) is 82.2 Å². The first-order valence-corrected chi connectivity index (χ1v) is 17.1. The Kier molecular flexibility index (Phi) is 7.77. The van der Waals surface area contributed by atoms with Gasteiger partial charge in [0.2, 0.25) is 0 Å². The van der Waals surface area contributed by atoms with Crippen molar-refractivity contribution in [1.29, 1.82) is 0 Å². The molecule has 5 heteroatoms. The summed E-state index contributed by atoms with van der Waals surface area (Å²) in [6, 6.07) is 0. The van der Waals surface area contributed by atoms with Gasteiger partial charge < -0.3 is 20.3 Å². The van der Waals surface area contributed by atoms with Crippen molar-refractivity contribution in [3.63, 3.8) is 0 Å². The molecule has 0 aromatic rings. The number of carbonyl (C=O) groups is 1. The Balaban J connectivity index is 1.49. The maximum absolute atomic E-state index is 13.3. The van der Waals surface area contributed by atoms with Gasteiger partial charge in [0.15, 0.2) is 0 Å². The topological polar surface area (TPSA) is 81.8 Å². The molecule has 0 aromatic heterocycles. The van der Waals surface area contributed by atoms with E-state index in [-0.39, 0.29) is 44.5 Å². The van der Waals surface area contributed by atoms with Crippen LogP contribution in [-0.4, -0.2) is 42.5 Å². The first-order chi connectivity index (χ1) is 19.2. The number of carboxylic acid groups (broad SMARTS) is 1. The molecule has 1 saturated heterocycles. The van der Waals surface area contributed by atoms with E-state index >= 15 is 0 Å². The smallest absolute Gasteiger partial charge is 0.307 e. The summed E-state index contributed by atoms with van der Waals surface area (Å²) in [5.41, 5.74) is 7.42. The van der Waals surface area contributed by atoms with Gasteiger partial charge in [-0.1, -0.05) is 80.9 Å². The van der Waals surface area contributed by atoms with Gasteiger partial charge in [0.25, 0.3) is 0 Å². The van der Waals surface area contributed by atoms with Crippen LogP contribution in [0.4, 0.5) is 0 Å². The molecule has 0 radical (unpaired) electrons. The molecule has 5 rings (SSSR count). The molecule has 1 heterocycles. The summed E-state index contributed by atoms with van der Waals surface area (Å²) in [5.74, 6) is 0.830. The zero-order valence-corrected chi connectivity index (χ0v) is 28.9. The fraction of sp³-hybridized carbons (Fsp3) is 0.919. The van der Waals surface area contributed by atoms with Gasteiger partial charge in [0.05, 0.1) is 31.8 Å². The average molecular weight is 586 g/mol. The van der Waals surface area contributed by atoms with Crippen LogP contribution in [0.25, 0.3) is 0 Å². The van der Waals surface area contributed by atoms with Gasteiger partial charge in [-0.3, -0.25) is 4.79 Å². The molecule has 0 aromatic carbocycles. The zero-order valence-electron chi connectivity index (χ0n) is 28.9. The second kappa shape index (κ2) is 10.0. The van der Waals surface area contributed by atoms with Gasteiger partial charge in [-0.15, -0.1) is 0 Å². The zero-order chi connectivity index (χ0) is 31.3. The van der Waals surface area contributed by atoms with Gasteiger partial charge in [-0.25, -0.2) is 0 Å². The summed E-state index contributed by atoms with van der Waals surface area (Å²) >= 11 is 0. The average Bonchev–Trinajstić information content (AvgIpc) is 2.87. The van der Waals surface area contributed by atoms with Gasteiger partial charge in [-0.2, -0.15) is 0 Å². The van der Waals surface area contributed by atoms with E-state index in [0.717, 1.165) is 51.7 Å². The van der Waals surface area contributed by atoms with Gasteiger partial charge >= 0.3 is 5.97 Å². The third kappa shape index (κ3) is 4.28. The van der Waals surface area contributed by atoms with E-state index in [0.29, 0.717) is 30.3 Å². The largest absolute Gasteiger partial charge is 0.481 e. The lowest BCUT2D eigenvalue weighted by Gasteiger charge is -2.70. The monoisotopic (exact) mass is 585 g/mol. The second-order valence-electron chi connectivity index (χ2n) is 18.4. The highest BCUT2D eigenvalue weighted by Crippen LogP contribution is 2.74. The van der Waals surface area contributed by atoms with E-state index < -0.39 is 11.5 Å². The number of rotatable bonds is 6. The molecule has 0 spiro atoms. The van der Waals surface area contributed by atoms with Crippen molar-refractivity contribution in [2.24, 2.45) is 67.8 Å². The molecular weight excluding hydrogens is 522 g/mol. The Morgan fingerprint density at radius 1 is 1.02 bits per heavy atom. The molecule has 240 valence electrons. The van der Waals surface area contributed by atoms with E-state index in [9.17, 15) is 9.90 Å². The number of ether oxygens (including phenoxy) is 2. The molecule has 5 nitrogen and oxygen atoms in total. The van der Waals surface area contributed by atoms with Crippen LogP contribution < -0.4 is 5.73 Å². The Labute approximate surface area is 257 Å². The van der Waals surface area contributed by atoms with Crippen LogP contribution in [0, 0.1) is 62.1 Å². The Hall–Kier alpha value is -0.910. The molecule has 5 aliphatic rings. The molecule has 1 aliphatic heterocycles. The van der Waals surface area contributed by atoms with Gasteiger partial charge in [0, 0.05) is 16.4 Å². The molecule has 0 amide bonds. The Bertz CT molecular complexity index is 1110. The second-order valence-corrected chi connectivity index (χ2v) is 18.4. The predicted octanol–water partition coefficient (Wildman–Crippen LogP) is 8.11. The standard InChI is InChI=1S/C37H63NO4/c1-23(2)24(3)32(7)18-19-34(9)25-12-13-27-33(8)20-41-22-37(27,26(25)14-16-35(34,10)29(32)30(39)40)17-15-28(33)42-21-36(11,38)31(4,5)6/h14,23-25,27-29H,12-13,15-22,38H2,1-11H3,(H,39,40)/t24-,25+,27+,28+,29-,32-,33+,34-,35+,36+,37+/m1/s1. The fourth-order valence-electron chi connectivity index (χ4n) is 11.3. The van der Waals surface area contributed by atoms with E-state index in [4.69, 9.17) is 15.2 Å². The molecule has 3 saturated carbocycles. The maximum atomic E-state index is 13.3. The molecule has 42 heavy (non-hydrogen) atoms. The summed E-state index contributed by atoms with van der Waals surface area (Å²) in [6.07, 6.45) is 10.1. The number of carboxylic acids is 1. The minimum absolute atomic E-state index is 0.0364. The highest BCUT2D eigenvalue weighted by atomic mass is 16.5. The molecule has 11 atom stereocenters. The summed E-state index contributed by atoms with van der Waals surface area (Å²) in [5, 5.41) is 10.9. The van der Waals surface area contributed by atoms with Gasteiger partial charge in [-0.05, 0) is 97.2 Å². The summed E-state index contributed by atoms with van der Waals surface area (Å²) < 4.78 is 13.4. The quantitative estimate of drug-likeness (QED) is 0.308. The van der Waals surface area contributed by atoms with Crippen molar-refractivity contribution >= 4 is 5.97 Å². The van der Waals surface area contributed by atoms with Crippen LogP contribution in [0.2, 0.25) is 0 Å². The van der Waals surface area contributed by atoms with Crippen LogP contribution in [0.15, 0.2) is 11.6 Å². The maximum Gasteiger partial charge on any atom is 0.307 e. The number of allylic oxidation sites excluding steroid dienone is 1. The lowest BCUT2D eigenvalue weighted by atomic mass is 9.34. The molecular formula is C37H63NO4. The first-order valence-electron chi connectivity index (χ1n) is 17.1. The summed E-state index contributed by atoms with van der Waals surface area (Å²) in [4.78, 5) is 13.3. The van der Waals surface area contributed by atoms with Crippen molar-refractivity contribution in [3.8, 4) is 0 Å². The number of fused-ring (bicyclic) bond motifs is 3. The molecule has 0 unspecified atom stereocenters. The minimum atomic E-state index is -0.587. The third-order valence-electron chi connectivity index (χ3n) is 15.4. The SMILES string of the molecule is CC(C)[C@@H](C)[C@@]1(C)CC[C@]2(C)[C@H]3CC[C@@H]4[C@]5(CC[C@H](OC[C@](C)(N)C(C)(C)C)[C@@]4(C)COC5)C3=CC[C@@]2(C)[C@@H]1C(=O)O.